The van der Waals surface area contributed by atoms with Crippen molar-refractivity contribution in [1.29, 1.82) is 0 Å². The van der Waals surface area contributed by atoms with Gasteiger partial charge in [0.25, 0.3) is 0 Å². The quantitative estimate of drug-likeness (QED) is 0.0301. The zero-order valence-corrected chi connectivity index (χ0v) is 40.0. The van der Waals surface area contributed by atoms with Gasteiger partial charge in [-0.3, -0.25) is 9.59 Å². The molecule has 1 aliphatic rings. The van der Waals surface area contributed by atoms with Crippen molar-refractivity contribution in [3.8, 4) is 11.1 Å². The number of rotatable bonds is 38. The highest BCUT2D eigenvalue weighted by atomic mass is 32.2. The van der Waals surface area contributed by atoms with E-state index in [1.54, 1.807) is 0 Å². The van der Waals surface area contributed by atoms with Crippen LogP contribution < -0.4 is 5.73 Å². The van der Waals surface area contributed by atoms with E-state index in [0.717, 1.165) is 60.8 Å². The van der Waals surface area contributed by atoms with E-state index in [9.17, 15) is 19.2 Å². The first kappa shape index (κ1) is 54.0. The Morgan fingerprint density at radius 1 is 0.540 bits per heavy atom. The van der Waals surface area contributed by atoms with Crippen molar-refractivity contribution in [1.82, 2.24) is 0 Å². The molecule has 0 saturated carbocycles. The molecule has 2 atom stereocenters. The van der Waals surface area contributed by atoms with Gasteiger partial charge in [-0.15, -0.1) is 0 Å². The first-order valence-corrected chi connectivity index (χ1v) is 26.2. The molecule has 0 radical (unpaired) electrons. The van der Waals surface area contributed by atoms with Crippen LogP contribution in [0, 0.1) is 0 Å². The lowest BCUT2D eigenvalue weighted by Gasteiger charge is -2.19. The highest BCUT2D eigenvalue weighted by Gasteiger charge is 2.30. The van der Waals surface area contributed by atoms with E-state index < -0.39 is 24.3 Å². The van der Waals surface area contributed by atoms with E-state index in [1.165, 1.54) is 140 Å². The summed E-state index contributed by atoms with van der Waals surface area (Å²) in [6, 6.07) is 14.9. The maximum Gasteiger partial charge on any atom is 0.516 e. The summed E-state index contributed by atoms with van der Waals surface area (Å²) in [5, 5.41) is 0. The van der Waals surface area contributed by atoms with Gasteiger partial charge in [-0.25, -0.2) is 9.59 Å². The minimum atomic E-state index is -1.12. The van der Waals surface area contributed by atoms with Gasteiger partial charge in [-0.1, -0.05) is 216 Å². The Kier molecular flexibility index (Phi) is 29.9. The SMILES string of the molecule is CCCCCCCCCCCCCCCC(=O)OCC(CSC[C@H](N)C(=O)OC(=O)OCC1c2ccccc2-c2ccccc21)OC(=O)CCCCCCCCCCCCCCC. The number of ether oxygens (including phenoxy) is 4. The number of fused-ring (bicyclic) bond motifs is 3. The summed E-state index contributed by atoms with van der Waals surface area (Å²) in [5.74, 6) is -1.33. The summed E-state index contributed by atoms with van der Waals surface area (Å²) < 4.78 is 21.8. The summed E-state index contributed by atoms with van der Waals surface area (Å²) in [5.41, 5.74) is 10.4. The van der Waals surface area contributed by atoms with Crippen LogP contribution in [0.5, 0.6) is 0 Å². The number of nitrogens with two attached hydrogens (primary N) is 1. The molecule has 2 N–H and O–H groups in total. The Bertz CT molecular complexity index is 1500. The Labute approximate surface area is 385 Å². The monoisotopic (exact) mass is 894 g/mol. The molecule has 0 bridgehead atoms. The van der Waals surface area contributed by atoms with Gasteiger partial charge < -0.3 is 24.7 Å². The summed E-state index contributed by atoms with van der Waals surface area (Å²) in [4.78, 5) is 51.0. The predicted molar refractivity (Wildman–Crippen MR) is 258 cm³/mol. The summed E-state index contributed by atoms with van der Waals surface area (Å²) in [7, 11) is 0. The fraction of sp³-hybridized carbons (Fsp3) is 0.698. The molecule has 3 rings (SSSR count). The van der Waals surface area contributed by atoms with E-state index in [2.05, 4.69) is 13.8 Å². The first-order valence-electron chi connectivity index (χ1n) is 25.1. The second kappa shape index (κ2) is 35.0. The number of benzene rings is 2. The van der Waals surface area contributed by atoms with Crippen LogP contribution in [-0.2, 0) is 33.3 Å². The lowest BCUT2D eigenvalue weighted by molar-refractivity contribution is -0.157. The average Bonchev–Trinajstić information content (AvgIpc) is 3.61. The number of thioether (sulfide) groups is 1. The van der Waals surface area contributed by atoms with Gasteiger partial charge >= 0.3 is 24.1 Å². The van der Waals surface area contributed by atoms with Crippen molar-refractivity contribution in [3.05, 3.63) is 59.7 Å². The Morgan fingerprint density at radius 3 is 1.41 bits per heavy atom. The van der Waals surface area contributed by atoms with Crippen LogP contribution in [0.15, 0.2) is 48.5 Å². The molecule has 0 spiro atoms. The number of carbonyl (C=O) groups is 4. The molecule has 0 fully saturated rings. The summed E-state index contributed by atoms with van der Waals surface area (Å²) in [6.07, 6.45) is 30.7. The molecular weight excluding hydrogens is 811 g/mol. The van der Waals surface area contributed by atoms with Crippen molar-refractivity contribution >= 4 is 35.8 Å². The minimum Gasteiger partial charge on any atom is -0.462 e. The van der Waals surface area contributed by atoms with E-state index in [-0.39, 0.29) is 42.6 Å². The largest absolute Gasteiger partial charge is 0.516 e. The van der Waals surface area contributed by atoms with E-state index in [0.29, 0.717) is 12.8 Å². The minimum absolute atomic E-state index is 0.0224. The zero-order chi connectivity index (χ0) is 45.2. The third kappa shape index (κ3) is 23.9. The molecular formula is C53H83NO8S. The van der Waals surface area contributed by atoms with Crippen molar-refractivity contribution in [3.63, 3.8) is 0 Å². The van der Waals surface area contributed by atoms with Gasteiger partial charge in [-0.05, 0) is 35.1 Å². The van der Waals surface area contributed by atoms with Crippen molar-refractivity contribution < 1.29 is 38.1 Å². The van der Waals surface area contributed by atoms with Gasteiger partial charge in [0.1, 0.15) is 25.4 Å². The standard InChI is InChI=1S/C53H83NO8S/c1-3-5-7-9-11-13-15-17-19-21-23-25-27-37-50(55)59-39-43(61-51(56)38-28-26-24-22-20-18-16-14-12-10-8-6-4-2)41-63-42-49(54)52(57)62-53(58)60-40-48-46-35-31-29-33-44(46)45-34-30-32-36-47(45)48/h29-36,43,48-49H,3-28,37-42,54H2,1-2H3/t43?,49-/m0/s1. The average molecular weight is 894 g/mol. The van der Waals surface area contributed by atoms with Crippen LogP contribution in [0.4, 0.5) is 4.79 Å². The summed E-state index contributed by atoms with van der Waals surface area (Å²) in [6.45, 7) is 4.47. The smallest absolute Gasteiger partial charge is 0.462 e. The normalized spacial score (nSPS) is 12.9. The second-order valence-electron chi connectivity index (χ2n) is 17.6. The lowest BCUT2D eigenvalue weighted by atomic mass is 9.98. The van der Waals surface area contributed by atoms with Gasteiger partial charge in [0.2, 0.25) is 0 Å². The molecule has 0 amide bonds. The molecule has 0 aliphatic heterocycles. The molecule has 2 aromatic carbocycles. The van der Waals surface area contributed by atoms with Crippen LogP contribution in [-0.4, -0.2) is 60.9 Å². The molecule has 2 aromatic rings. The fourth-order valence-corrected chi connectivity index (χ4v) is 9.32. The topological polar surface area (TPSA) is 131 Å². The van der Waals surface area contributed by atoms with E-state index >= 15 is 0 Å². The van der Waals surface area contributed by atoms with Crippen molar-refractivity contribution in [2.24, 2.45) is 5.73 Å². The molecule has 0 aromatic heterocycles. The molecule has 0 heterocycles. The van der Waals surface area contributed by atoms with Crippen LogP contribution in [0.25, 0.3) is 11.1 Å². The molecule has 10 heteroatoms. The number of hydrogen-bond donors (Lipinski definition) is 1. The van der Waals surface area contributed by atoms with E-state index in [1.807, 2.05) is 48.5 Å². The van der Waals surface area contributed by atoms with Gasteiger partial charge in [0.15, 0.2) is 0 Å². The molecule has 0 saturated heterocycles. The van der Waals surface area contributed by atoms with E-state index in [4.69, 9.17) is 24.7 Å². The summed E-state index contributed by atoms with van der Waals surface area (Å²) >= 11 is 1.28. The molecule has 63 heavy (non-hydrogen) atoms. The molecule has 9 nitrogen and oxygen atoms in total. The van der Waals surface area contributed by atoms with Crippen LogP contribution in [0.2, 0.25) is 0 Å². The molecule has 1 unspecified atom stereocenters. The Balaban J connectivity index is 1.35. The second-order valence-corrected chi connectivity index (χ2v) is 18.7. The van der Waals surface area contributed by atoms with Gasteiger partial charge in [0.05, 0.1) is 0 Å². The predicted octanol–water partition coefficient (Wildman–Crippen LogP) is 14.0. The van der Waals surface area contributed by atoms with Gasteiger partial charge in [0, 0.05) is 30.3 Å². The Hall–Kier alpha value is -3.37. The number of unbranched alkanes of at least 4 members (excludes halogenated alkanes) is 24. The maximum atomic E-state index is 12.9. The van der Waals surface area contributed by atoms with Crippen LogP contribution in [0.1, 0.15) is 211 Å². The highest BCUT2D eigenvalue weighted by Crippen LogP contribution is 2.44. The Morgan fingerprint density at radius 2 is 0.952 bits per heavy atom. The van der Waals surface area contributed by atoms with Crippen molar-refractivity contribution in [2.45, 2.75) is 212 Å². The zero-order valence-electron chi connectivity index (χ0n) is 39.2. The third-order valence-corrected chi connectivity index (χ3v) is 13.3. The van der Waals surface area contributed by atoms with Gasteiger partial charge in [-0.2, -0.15) is 11.8 Å². The maximum absolute atomic E-state index is 12.9. The number of hydrogen-bond acceptors (Lipinski definition) is 10. The van der Waals surface area contributed by atoms with Crippen molar-refractivity contribution in [2.75, 3.05) is 24.7 Å². The highest BCUT2D eigenvalue weighted by molar-refractivity contribution is 7.99. The van der Waals surface area contributed by atoms with Crippen LogP contribution in [0.3, 0.4) is 0 Å². The first-order chi connectivity index (χ1) is 30.8. The number of carbonyl (C=O) groups excluding carboxylic acids is 4. The third-order valence-electron chi connectivity index (χ3n) is 12.1. The molecule has 354 valence electrons. The van der Waals surface area contributed by atoms with Crippen LogP contribution >= 0.6 is 11.8 Å². The number of esters is 3. The lowest BCUT2D eigenvalue weighted by Crippen LogP contribution is -2.37. The fourth-order valence-electron chi connectivity index (χ4n) is 8.37. The molecule has 1 aliphatic carbocycles.